The van der Waals surface area contributed by atoms with E-state index in [1.54, 1.807) is 36.8 Å². The highest BCUT2D eigenvalue weighted by Gasteiger charge is 2.49. The van der Waals surface area contributed by atoms with Crippen LogP contribution in [0.1, 0.15) is 34.5 Å². The van der Waals surface area contributed by atoms with Crippen LogP contribution in [0.2, 0.25) is 0 Å². The van der Waals surface area contributed by atoms with Crippen molar-refractivity contribution in [1.29, 1.82) is 0 Å². The first-order valence-electron chi connectivity index (χ1n) is 10.3. The lowest BCUT2D eigenvalue weighted by molar-refractivity contribution is 0.0462. The van der Waals surface area contributed by atoms with Gasteiger partial charge >= 0.3 is 0 Å². The zero-order valence-corrected chi connectivity index (χ0v) is 17.1. The molecule has 3 aromatic heterocycles. The number of fused-ring (bicyclic) bond motifs is 2. The van der Waals surface area contributed by atoms with Gasteiger partial charge in [-0.25, -0.2) is 19.3 Å². The Balaban J connectivity index is 1.39. The number of pyridine rings is 2. The van der Waals surface area contributed by atoms with E-state index < -0.39 is 6.67 Å². The third kappa shape index (κ3) is 3.73. The lowest BCUT2D eigenvalue weighted by Crippen LogP contribution is -2.47. The Morgan fingerprint density at radius 2 is 2.00 bits per heavy atom. The molecule has 1 amide bonds. The Bertz CT molecular complexity index is 1090. The number of alkyl halides is 1. The lowest BCUT2D eigenvalue weighted by Gasteiger charge is -2.33. The number of halogens is 1. The summed E-state index contributed by atoms with van der Waals surface area (Å²) in [5.41, 5.74) is 2.44. The smallest absolute Gasteiger partial charge is 0.273 e. The van der Waals surface area contributed by atoms with Gasteiger partial charge in [-0.15, -0.1) is 0 Å². The van der Waals surface area contributed by atoms with Crippen LogP contribution >= 0.6 is 0 Å². The van der Waals surface area contributed by atoms with Gasteiger partial charge < -0.3 is 9.64 Å². The molecule has 1 aliphatic heterocycles. The highest BCUT2D eigenvalue weighted by atomic mass is 19.1. The van der Waals surface area contributed by atoms with Crippen molar-refractivity contribution in [3.05, 3.63) is 65.9 Å². The van der Waals surface area contributed by atoms with E-state index in [4.69, 9.17) is 4.74 Å². The van der Waals surface area contributed by atoms with Crippen molar-refractivity contribution in [2.45, 2.75) is 38.6 Å². The molecule has 0 spiro atoms. The Hall–Kier alpha value is -3.42. The van der Waals surface area contributed by atoms with Crippen LogP contribution in [0.5, 0.6) is 5.88 Å². The molecule has 0 unspecified atom stereocenters. The second kappa shape index (κ2) is 8.02. The number of carbonyl (C=O) groups is 1. The normalized spacial score (nSPS) is 22.0. The molecule has 0 N–H and O–H groups in total. The molecule has 31 heavy (non-hydrogen) atoms. The quantitative estimate of drug-likeness (QED) is 0.631. The number of hydrogen-bond donors (Lipinski definition) is 0. The molecule has 4 heterocycles. The summed E-state index contributed by atoms with van der Waals surface area (Å²) < 4.78 is 18.8. The van der Waals surface area contributed by atoms with Crippen molar-refractivity contribution in [3.8, 4) is 17.3 Å². The average molecular weight is 419 g/mol. The summed E-state index contributed by atoms with van der Waals surface area (Å²) in [5, 5.41) is 0. The van der Waals surface area contributed by atoms with Gasteiger partial charge in [-0.3, -0.25) is 9.78 Å². The minimum atomic E-state index is -0.555. The molecule has 158 valence electrons. The van der Waals surface area contributed by atoms with Gasteiger partial charge in [-0.1, -0.05) is 0 Å². The second-order valence-corrected chi connectivity index (χ2v) is 8.14. The summed E-state index contributed by atoms with van der Waals surface area (Å²) in [7, 11) is 0. The van der Waals surface area contributed by atoms with E-state index in [1.165, 1.54) is 6.20 Å². The summed E-state index contributed by atoms with van der Waals surface area (Å²) in [4.78, 5) is 32.6. The van der Waals surface area contributed by atoms with E-state index in [9.17, 15) is 9.18 Å². The second-order valence-electron chi connectivity index (χ2n) is 8.14. The molecule has 3 aromatic rings. The molecular weight excluding hydrogens is 397 g/mol. The van der Waals surface area contributed by atoms with Gasteiger partial charge in [0.1, 0.15) is 18.5 Å². The van der Waals surface area contributed by atoms with Gasteiger partial charge in [0, 0.05) is 43.0 Å². The minimum Gasteiger partial charge on any atom is -0.472 e. The molecule has 8 heteroatoms. The molecule has 5 rings (SSSR count). The molecular formula is C23H22FN5O2. The standard InChI is InChI=1S/C23H22FN5O2/c1-14-7-17(22-25-5-2-6-26-22)21(28-11-14)23(30)29-13-16-8-18(29)19(9-16)31-20-4-3-15(10-24)12-27-20/h2-7,11-12,16,18-19H,8-10,13H2,1H3/t16-,18+,19-/m1/s1. The number of piperidine rings is 1. The minimum absolute atomic E-state index is 0.0483. The van der Waals surface area contributed by atoms with Crippen LogP contribution in [-0.4, -0.2) is 49.4 Å². The molecule has 2 bridgehead atoms. The van der Waals surface area contributed by atoms with Crippen molar-refractivity contribution in [2.24, 2.45) is 5.92 Å². The third-order valence-electron chi connectivity index (χ3n) is 5.94. The van der Waals surface area contributed by atoms with Gasteiger partial charge in [0.15, 0.2) is 5.82 Å². The number of likely N-dealkylation sites (tertiary alicyclic amines) is 1. The SMILES string of the molecule is Cc1cnc(C(=O)N2C[C@H]3C[C@@H](Oc4ccc(CF)cn4)[C@@H]2C3)c(-c2ncccn2)c1. The number of hydrogen-bond acceptors (Lipinski definition) is 6. The van der Waals surface area contributed by atoms with E-state index in [2.05, 4.69) is 19.9 Å². The highest BCUT2D eigenvalue weighted by molar-refractivity contribution is 5.98. The maximum atomic E-state index is 13.5. The maximum absolute atomic E-state index is 13.5. The van der Waals surface area contributed by atoms with Crippen molar-refractivity contribution in [1.82, 2.24) is 24.8 Å². The molecule has 1 saturated carbocycles. The predicted octanol–water partition coefficient (Wildman–Crippen LogP) is 3.39. The fourth-order valence-electron chi connectivity index (χ4n) is 4.52. The van der Waals surface area contributed by atoms with Gasteiger partial charge in [0.25, 0.3) is 5.91 Å². The van der Waals surface area contributed by atoms with E-state index in [1.807, 2.05) is 17.9 Å². The van der Waals surface area contributed by atoms with E-state index in [0.29, 0.717) is 41.0 Å². The number of aromatic nitrogens is 4. The summed E-state index contributed by atoms with van der Waals surface area (Å²) in [6, 6.07) is 6.94. The number of carbonyl (C=O) groups excluding carboxylic acids is 1. The number of nitrogens with zero attached hydrogens (tertiary/aromatic N) is 5. The summed E-state index contributed by atoms with van der Waals surface area (Å²) in [6.45, 7) is 2.06. The van der Waals surface area contributed by atoms with Crippen LogP contribution < -0.4 is 4.74 Å². The summed E-state index contributed by atoms with van der Waals surface area (Å²) >= 11 is 0. The Kier molecular flexibility index (Phi) is 5.05. The van der Waals surface area contributed by atoms with E-state index >= 15 is 0 Å². The first kappa shape index (κ1) is 19.5. The van der Waals surface area contributed by atoms with Crippen molar-refractivity contribution >= 4 is 5.91 Å². The summed E-state index contributed by atoms with van der Waals surface area (Å²) in [6.07, 6.45) is 8.10. The van der Waals surface area contributed by atoms with Crippen molar-refractivity contribution in [2.75, 3.05) is 6.54 Å². The number of aryl methyl sites for hydroxylation is 1. The van der Waals surface area contributed by atoms with Crippen LogP contribution in [0.4, 0.5) is 4.39 Å². The molecule has 2 fully saturated rings. The zero-order valence-electron chi connectivity index (χ0n) is 17.1. The fourth-order valence-corrected chi connectivity index (χ4v) is 4.52. The predicted molar refractivity (Wildman–Crippen MR) is 111 cm³/mol. The Labute approximate surface area is 179 Å². The van der Waals surface area contributed by atoms with Crippen molar-refractivity contribution < 1.29 is 13.9 Å². The molecule has 7 nitrogen and oxygen atoms in total. The Morgan fingerprint density at radius 3 is 2.71 bits per heavy atom. The first-order valence-corrected chi connectivity index (χ1v) is 10.3. The fraction of sp³-hybridized carbons (Fsp3) is 0.348. The van der Waals surface area contributed by atoms with Gasteiger partial charge in [0.05, 0.1) is 11.6 Å². The lowest BCUT2D eigenvalue weighted by atomic mass is 10.1. The van der Waals surface area contributed by atoms with Crippen LogP contribution in [0, 0.1) is 12.8 Å². The van der Waals surface area contributed by atoms with Gasteiger partial charge in [-0.05, 0) is 49.4 Å². The van der Waals surface area contributed by atoms with Crippen LogP contribution in [0.3, 0.4) is 0 Å². The van der Waals surface area contributed by atoms with E-state index in [-0.39, 0.29) is 18.1 Å². The van der Waals surface area contributed by atoms with E-state index in [0.717, 1.165) is 18.4 Å². The molecule has 2 aliphatic rings. The topological polar surface area (TPSA) is 81.1 Å². The molecule has 3 atom stereocenters. The monoisotopic (exact) mass is 419 g/mol. The Morgan fingerprint density at radius 1 is 1.16 bits per heavy atom. The third-order valence-corrected chi connectivity index (χ3v) is 5.94. The highest BCUT2D eigenvalue weighted by Crippen LogP contribution is 2.40. The van der Waals surface area contributed by atoms with Gasteiger partial charge in [-0.2, -0.15) is 0 Å². The number of ether oxygens (including phenoxy) is 1. The van der Waals surface area contributed by atoms with Crippen molar-refractivity contribution in [3.63, 3.8) is 0 Å². The van der Waals surface area contributed by atoms with Crippen LogP contribution in [0.15, 0.2) is 49.1 Å². The zero-order chi connectivity index (χ0) is 21.4. The molecule has 1 saturated heterocycles. The molecule has 1 aliphatic carbocycles. The average Bonchev–Trinajstić information content (AvgIpc) is 3.40. The number of rotatable bonds is 5. The van der Waals surface area contributed by atoms with Gasteiger partial charge in [0.2, 0.25) is 5.88 Å². The maximum Gasteiger partial charge on any atom is 0.273 e. The largest absolute Gasteiger partial charge is 0.472 e. The number of amides is 1. The van der Waals surface area contributed by atoms with Crippen LogP contribution in [-0.2, 0) is 6.67 Å². The first-order chi connectivity index (χ1) is 15.1. The molecule has 0 radical (unpaired) electrons. The molecule has 0 aromatic carbocycles. The van der Waals surface area contributed by atoms with Crippen LogP contribution in [0.25, 0.3) is 11.4 Å². The summed E-state index contributed by atoms with van der Waals surface area (Å²) in [5.74, 6) is 1.18.